The number of halogens is 2. The summed E-state index contributed by atoms with van der Waals surface area (Å²) >= 11 is 11.5. The molecule has 0 saturated heterocycles. The molecule has 2 N–H and O–H groups in total. The highest BCUT2D eigenvalue weighted by Gasteiger charge is 2.14. The minimum atomic E-state index is -0.256. The fourth-order valence-corrected chi connectivity index (χ4v) is 1.85. The average Bonchev–Trinajstić information content (AvgIpc) is 2.71. The SMILES string of the molecule is CC(NC(=O)c1cc(Cl)c(Cl)[nH]1)c1ccncc1. The normalized spacial score (nSPS) is 12.2. The largest absolute Gasteiger partial charge is 0.344 e. The molecule has 0 saturated carbocycles. The number of pyridine rings is 1. The lowest BCUT2D eigenvalue weighted by atomic mass is 10.1. The highest BCUT2D eigenvalue weighted by molar-refractivity contribution is 6.41. The highest BCUT2D eigenvalue weighted by atomic mass is 35.5. The second-order valence-electron chi connectivity index (χ2n) is 3.82. The zero-order valence-corrected chi connectivity index (χ0v) is 11.1. The maximum Gasteiger partial charge on any atom is 0.268 e. The molecule has 0 aliphatic rings. The molecule has 2 rings (SSSR count). The van der Waals surface area contributed by atoms with Gasteiger partial charge >= 0.3 is 0 Å². The van der Waals surface area contributed by atoms with Crippen LogP contribution in [0.1, 0.15) is 29.0 Å². The number of carbonyl (C=O) groups is 1. The minimum Gasteiger partial charge on any atom is -0.344 e. The molecule has 18 heavy (non-hydrogen) atoms. The van der Waals surface area contributed by atoms with Crippen LogP contribution in [-0.2, 0) is 0 Å². The third-order valence-corrected chi connectivity index (χ3v) is 3.22. The summed E-state index contributed by atoms with van der Waals surface area (Å²) in [4.78, 5) is 18.6. The predicted octanol–water partition coefficient (Wildman–Crippen LogP) is 3.21. The number of nitrogens with one attached hydrogen (secondary N) is 2. The van der Waals surface area contributed by atoms with Gasteiger partial charge in [0.1, 0.15) is 10.8 Å². The first-order chi connectivity index (χ1) is 8.58. The Morgan fingerprint density at radius 3 is 2.61 bits per heavy atom. The van der Waals surface area contributed by atoms with Crippen LogP contribution in [0.2, 0.25) is 10.2 Å². The molecule has 0 aromatic carbocycles. The van der Waals surface area contributed by atoms with E-state index in [2.05, 4.69) is 15.3 Å². The number of H-pyrrole nitrogens is 1. The molecule has 1 amide bonds. The summed E-state index contributed by atoms with van der Waals surface area (Å²) in [7, 11) is 0. The number of aromatic amines is 1. The molecule has 0 aliphatic heterocycles. The zero-order valence-electron chi connectivity index (χ0n) is 9.58. The van der Waals surface area contributed by atoms with Gasteiger partial charge in [0.15, 0.2) is 0 Å². The van der Waals surface area contributed by atoms with Gasteiger partial charge in [-0.2, -0.15) is 0 Å². The van der Waals surface area contributed by atoms with E-state index < -0.39 is 0 Å². The Bertz CT molecular complexity index is 534. The number of aromatic nitrogens is 2. The third kappa shape index (κ3) is 2.83. The Hall–Kier alpha value is -1.52. The van der Waals surface area contributed by atoms with Gasteiger partial charge in [-0.1, -0.05) is 23.2 Å². The molecule has 6 heteroatoms. The molecule has 2 aromatic rings. The van der Waals surface area contributed by atoms with Gasteiger partial charge in [-0.05, 0) is 30.7 Å². The third-order valence-electron chi connectivity index (χ3n) is 2.52. The van der Waals surface area contributed by atoms with Crippen LogP contribution in [0.4, 0.5) is 0 Å². The van der Waals surface area contributed by atoms with Crippen molar-refractivity contribution in [3.8, 4) is 0 Å². The first kappa shape index (κ1) is 12.9. The number of hydrogen-bond donors (Lipinski definition) is 2. The lowest BCUT2D eigenvalue weighted by molar-refractivity contribution is 0.0935. The van der Waals surface area contributed by atoms with E-state index in [1.807, 2.05) is 19.1 Å². The van der Waals surface area contributed by atoms with E-state index in [9.17, 15) is 4.79 Å². The Kier molecular flexibility index (Phi) is 3.89. The zero-order chi connectivity index (χ0) is 13.1. The molecule has 94 valence electrons. The molecule has 0 fully saturated rings. The van der Waals surface area contributed by atoms with Gasteiger partial charge in [0.25, 0.3) is 5.91 Å². The van der Waals surface area contributed by atoms with Crippen molar-refractivity contribution in [1.29, 1.82) is 0 Å². The van der Waals surface area contributed by atoms with Gasteiger partial charge < -0.3 is 10.3 Å². The van der Waals surface area contributed by atoms with Crippen LogP contribution in [0.5, 0.6) is 0 Å². The van der Waals surface area contributed by atoms with Crippen molar-refractivity contribution in [2.24, 2.45) is 0 Å². The van der Waals surface area contributed by atoms with E-state index in [1.54, 1.807) is 12.4 Å². The lowest BCUT2D eigenvalue weighted by Crippen LogP contribution is -2.26. The highest BCUT2D eigenvalue weighted by Crippen LogP contribution is 2.22. The molecule has 1 unspecified atom stereocenters. The van der Waals surface area contributed by atoms with Crippen LogP contribution < -0.4 is 5.32 Å². The number of amides is 1. The number of rotatable bonds is 3. The molecule has 2 heterocycles. The van der Waals surface area contributed by atoms with E-state index in [1.165, 1.54) is 6.07 Å². The summed E-state index contributed by atoms with van der Waals surface area (Å²) in [6.45, 7) is 1.89. The Morgan fingerprint density at radius 1 is 1.39 bits per heavy atom. The molecule has 1 atom stereocenters. The predicted molar refractivity (Wildman–Crippen MR) is 70.9 cm³/mol. The maximum atomic E-state index is 11.9. The fraction of sp³-hybridized carbons (Fsp3) is 0.167. The van der Waals surface area contributed by atoms with Gasteiger partial charge in [0.05, 0.1) is 11.1 Å². The topological polar surface area (TPSA) is 57.8 Å². The van der Waals surface area contributed by atoms with E-state index in [-0.39, 0.29) is 17.1 Å². The summed E-state index contributed by atoms with van der Waals surface area (Å²) in [5, 5.41) is 3.43. The summed E-state index contributed by atoms with van der Waals surface area (Å²) < 4.78 is 0. The van der Waals surface area contributed by atoms with Crippen molar-refractivity contribution in [1.82, 2.24) is 15.3 Å². The van der Waals surface area contributed by atoms with Crippen molar-refractivity contribution >= 4 is 29.1 Å². The molecule has 2 aromatic heterocycles. The summed E-state index contributed by atoms with van der Waals surface area (Å²) in [6, 6.07) is 5.07. The summed E-state index contributed by atoms with van der Waals surface area (Å²) in [5.41, 5.74) is 1.31. The van der Waals surface area contributed by atoms with Crippen molar-refractivity contribution in [3.05, 3.63) is 52.0 Å². The van der Waals surface area contributed by atoms with Gasteiger partial charge in [-0.15, -0.1) is 0 Å². The molecule has 0 bridgehead atoms. The first-order valence-corrected chi connectivity index (χ1v) is 6.08. The van der Waals surface area contributed by atoms with Crippen LogP contribution in [0, 0.1) is 0 Å². The first-order valence-electron chi connectivity index (χ1n) is 5.32. The Morgan fingerprint density at radius 2 is 2.06 bits per heavy atom. The van der Waals surface area contributed by atoms with Gasteiger partial charge in [-0.25, -0.2) is 0 Å². The quantitative estimate of drug-likeness (QED) is 0.909. The van der Waals surface area contributed by atoms with E-state index in [0.29, 0.717) is 10.7 Å². The molecule has 0 aliphatic carbocycles. The summed E-state index contributed by atoms with van der Waals surface area (Å²) in [5.74, 6) is -0.256. The Labute approximate surface area is 114 Å². The van der Waals surface area contributed by atoms with E-state index >= 15 is 0 Å². The smallest absolute Gasteiger partial charge is 0.268 e. The second kappa shape index (κ2) is 5.42. The van der Waals surface area contributed by atoms with E-state index in [0.717, 1.165) is 5.56 Å². The summed E-state index contributed by atoms with van der Waals surface area (Å²) in [6.07, 6.45) is 3.36. The molecular weight excluding hydrogens is 273 g/mol. The molecule has 0 radical (unpaired) electrons. The van der Waals surface area contributed by atoms with E-state index in [4.69, 9.17) is 23.2 Å². The number of hydrogen-bond acceptors (Lipinski definition) is 2. The molecular formula is C12H11Cl2N3O. The van der Waals surface area contributed by atoms with Gasteiger partial charge in [-0.3, -0.25) is 9.78 Å². The fourth-order valence-electron chi connectivity index (χ4n) is 1.54. The van der Waals surface area contributed by atoms with Crippen molar-refractivity contribution < 1.29 is 4.79 Å². The van der Waals surface area contributed by atoms with Crippen molar-refractivity contribution in [2.75, 3.05) is 0 Å². The van der Waals surface area contributed by atoms with Crippen LogP contribution in [-0.4, -0.2) is 15.9 Å². The maximum absolute atomic E-state index is 11.9. The molecule has 0 spiro atoms. The van der Waals surface area contributed by atoms with Crippen molar-refractivity contribution in [3.63, 3.8) is 0 Å². The monoisotopic (exact) mass is 283 g/mol. The van der Waals surface area contributed by atoms with Crippen LogP contribution >= 0.6 is 23.2 Å². The number of carbonyl (C=O) groups excluding carboxylic acids is 1. The standard InChI is InChI=1S/C12H11Cl2N3O/c1-7(8-2-4-15-5-3-8)16-12(18)10-6-9(13)11(14)17-10/h2-7,17H,1H3,(H,16,18). The van der Waals surface area contributed by atoms with Crippen LogP contribution in [0.25, 0.3) is 0 Å². The van der Waals surface area contributed by atoms with Crippen LogP contribution in [0.15, 0.2) is 30.6 Å². The van der Waals surface area contributed by atoms with Gasteiger partial charge in [0, 0.05) is 12.4 Å². The Balaban J connectivity index is 2.08. The lowest BCUT2D eigenvalue weighted by Gasteiger charge is -2.13. The second-order valence-corrected chi connectivity index (χ2v) is 4.61. The van der Waals surface area contributed by atoms with Gasteiger partial charge in [0.2, 0.25) is 0 Å². The number of nitrogens with zero attached hydrogens (tertiary/aromatic N) is 1. The molecule has 4 nitrogen and oxygen atoms in total. The average molecular weight is 284 g/mol. The minimum absolute atomic E-state index is 0.124. The van der Waals surface area contributed by atoms with Crippen molar-refractivity contribution in [2.45, 2.75) is 13.0 Å². The van der Waals surface area contributed by atoms with Crippen LogP contribution in [0.3, 0.4) is 0 Å².